The van der Waals surface area contributed by atoms with Crippen LogP contribution in [0, 0.1) is 6.92 Å². The van der Waals surface area contributed by atoms with E-state index in [0.717, 1.165) is 11.9 Å². The van der Waals surface area contributed by atoms with Crippen molar-refractivity contribution in [1.82, 2.24) is 4.57 Å². The number of rotatable bonds is 4. The number of aromatic nitrogens is 1. The van der Waals surface area contributed by atoms with E-state index in [4.69, 9.17) is 0 Å². The minimum atomic E-state index is 0.185. The van der Waals surface area contributed by atoms with Crippen LogP contribution in [-0.2, 0) is 17.8 Å². The summed E-state index contributed by atoms with van der Waals surface area (Å²) in [5, 5.41) is 1.25. The van der Waals surface area contributed by atoms with Crippen molar-refractivity contribution in [3.8, 4) is 0 Å². The summed E-state index contributed by atoms with van der Waals surface area (Å²) < 4.78 is 2.13. The molecule has 1 heterocycles. The van der Waals surface area contributed by atoms with Gasteiger partial charge in [0.15, 0.2) is 0 Å². The number of para-hydroxylation sites is 1. The molecule has 3 rings (SSSR count). The normalized spacial score (nSPS) is 11.0. The minimum absolute atomic E-state index is 0.185. The molecule has 3 aromatic rings. The van der Waals surface area contributed by atoms with Gasteiger partial charge in [0.1, 0.15) is 5.78 Å². The van der Waals surface area contributed by atoms with Gasteiger partial charge in [0, 0.05) is 16.6 Å². The zero-order valence-corrected chi connectivity index (χ0v) is 12.5. The number of hydrogen-bond acceptors (Lipinski definition) is 1. The third-order valence-corrected chi connectivity index (χ3v) is 3.97. The largest absolute Gasteiger partial charge is 0.337 e. The Labute approximate surface area is 125 Å². The van der Waals surface area contributed by atoms with Gasteiger partial charge in [-0.1, -0.05) is 48.5 Å². The zero-order valence-electron chi connectivity index (χ0n) is 12.5. The quantitative estimate of drug-likeness (QED) is 0.703. The zero-order chi connectivity index (χ0) is 14.8. The Balaban J connectivity index is 2.14. The number of Topliss-reactive ketones (excluding diaryl/α,β-unsaturated/α-hetero) is 1. The third-order valence-electron chi connectivity index (χ3n) is 3.97. The van der Waals surface area contributed by atoms with E-state index in [0.29, 0.717) is 6.54 Å². The van der Waals surface area contributed by atoms with Crippen molar-refractivity contribution in [2.45, 2.75) is 26.8 Å². The fraction of sp³-hybridized carbons (Fsp3) is 0.211. The van der Waals surface area contributed by atoms with Crippen molar-refractivity contribution in [2.75, 3.05) is 0 Å². The molecule has 0 aliphatic carbocycles. The second-order valence-corrected chi connectivity index (χ2v) is 5.53. The molecule has 0 unspecified atom stereocenters. The Bertz CT molecular complexity index is 784. The van der Waals surface area contributed by atoms with E-state index in [-0.39, 0.29) is 5.78 Å². The van der Waals surface area contributed by atoms with Crippen molar-refractivity contribution >= 4 is 16.7 Å². The second kappa shape index (κ2) is 5.57. The summed E-state index contributed by atoms with van der Waals surface area (Å²) in [6.07, 6.45) is 0.901. The molecule has 21 heavy (non-hydrogen) atoms. The number of benzene rings is 2. The van der Waals surface area contributed by atoms with Gasteiger partial charge in [0.25, 0.3) is 0 Å². The predicted octanol–water partition coefficient (Wildman–Crippen LogP) is 4.13. The van der Waals surface area contributed by atoms with Crippen molar-refractivity contribution in [1.29, 1.82) is 0 Å². The van der Waals surface area contributed by atoms with Crippen LogP contribution in [0.4, 0.5) is 0 Å². The molecule has 0 radical (unpaired) electrons. The lowest BCUT2D eigenvalue weighted by atomic mass is 10.0. The molecular formula is C19H19NO. The summed E-state index contributed by atoms with van der Waals surface area (Å²) in [4.78, 5) is 11.6. The van der Waals surface area contributed by atoms with E-state index in [1.54, 1.807) is 6.92 Å². The van der Waals surface area contributed by atoms with Crippen LogP contribution in [0.3, 0.4) is 0 Å². The number of carbonyl (C=O) groups excluding carboxylic acids is 1. The summed E-state index contributed by atoms with van der Waals surface area (Å²) >= 11 is 0. The van der Waals surface area contributed by atoms with Crippen LogP contribution in [0.25, 0.3) is 10.9 Å². The molecule has 0 atom stereocenters. The van der Waals surface area contributed by atoms with E-state index in [1.807, 2.05) is 12.1 Å². The maximum Gasteiger partial charge on any atom is 0.149 e. The topological polar surface area (TPSA) is 22.0 Å². The molecule has 2 nitrogen and oxygen atoms in total. The van der Waals surface area contributed by atoms with Crippen LogP contribution in [0.5, 0.6) is 0 Å². The molecule has 0 bridgehead atoms. The van der Waals surface area contributed by atoms with E-state index in [9.17, 15) is 4.79 Å². The van der Waals surface area contributed by atoms with Crippen LogP contribution in [0.15, 0.2) is 54.6 Å². The number of fused-ring (bicyclic) bond motifs is 1. The molecule has 0 spiro atoms. The summed E-state index contributed by atoms with van der Waals surface area (Å²) in [5.74, 6) is 0.185. The first-order valence-electron chi connectivity index (χ1n) is 7.27. The lowest BCUT2D eigenvalue weighted by Gasteiger charge is -2.06. The highest BCUT2D eigenvalue weighted by molar-refractivity contribution is 5.87. The van der Waals surface area contributed by atoms with E-state index in [2.05, 4.69) is 54.0 Å². The molecular weight excluding hydrogens is 258 g/mol. The smallest absolute Gasteiger partial charge is 0.149 e. The molecule has 0 amide bonds. The Morgan fingerprint density at radius 1 is 1.00 bits per heavy atom. The molecule has 0 N–H and O–H groups in total. The Morgan fingerprint density at radius 2 is 1.67 bits per heavy atom. The van der Waals surface area contributed by atoms with Crippen molar-refractivity contribution < 1.29 is 4.79 Å². The highest BCUT2D eigenvalue weighted by atomic mass is 16.1. The maximum absolute atomic E-state index is 11.6. The van der Waals surface area contributed by atoms with Gasteiger partial charge in [0.2, 0.25) is 0 Å². The first kappa shape index (κ1) is 13.6. The summed E-state index contributed by atoms with van der Waals surface area (Å²) in [6.45, 7) is 4.20. The molecule has 0 aliphatic heterocycles. The van der Waals surface area contributed by atoms with Gasteiger partial charge in [-0.2, -0.15) is 0 Å². The van der Waals surface area contributed by atoms with Gasteiger partial charge in [-0.3, -0.25) is 4.79 Å². The van der Waals surface area contributed by atoms with E-state index < -0.39 is 0 Å². The van der Waals surface area contributed by atoms with E-state index in [1.165, 1.54) is 22.2 Å². The van der Waals surface area contributed by atoms with Gasteiger partial charge in [-0.15, -0.1) is 0 Å². The van der Waals surface area contributed by atoms with Crippen molar-refractivity contribution in [3.63, 3.8) is 0 Å². The highest BCUT2D eigenvalue weighted by Crippen LogP contribution is 2.28. The number of nitrogens with zero attached hydrogens (tertiary/aromatic N) is 1. The summed E-state index contributed by atoms with van der Waals surface area (Å²) in [7, 11) is 0. The fourth-order valence-corrected chi connectivity index (χ4v) is 2.95. The van der Waals surface area contributed by atoms with Gasteiger partial charge in [-0.05, 0) is 37.5 Å². The van der Waals surface area contributed by atoms with Crippen molar-refractivity contribution in [2.24, 2.45) is 0 Å². The Hall–Kier alpha value is -2.35. The lowest BCUT2D eigenvalue weighted by molar-refractivity contribution is -0.117. The van der Waals surface area contributed by atoms with Crippen LogP contribution >= 0.6 is 0 Å². The first-order chi connectivity index (χ1) is 10.2. The number of hydrogen-bond donors (Lipinski definition) is 0. The van der Waals surface area contributed by atoms with Crippen LogP contribution < -0.4 is 0 Å². The monoisotopic (exact) mass is 277 g/mol. The molecule has 0 saturated heterocycles. The average Bonchev–Trinajstić information content (AvgIpc) is 2.74. The second-order valence-electron chi connectivity index (χ2n) is 5.53. The molecule has 106 valence electrons. The summed E-state index contributed by atoms with van der Waals surface area (Å²) in [6, 6.07) is 18.8. The van der Waals surface area contributed by atoms with Gasteiger partial charge < -0.3 is 4.57 Å². The first-order valence-corrected chi connectivity index (χ1v) is 7.27. The van der Waals surface area contributed by atoms with Crippen molar-refractivity contribution in [3.05, 3.63) is 71.4 Å². The molecule has 2 aromatic carbocycles. The molecule has 1 aromatic heterocycles. The van der Waals surface area contributed by atoms with Gasteiger partial charge in [0.05, 0.1) is 6.54 Å². The SMILES string of the molecule is CC(=O)Cn1c(C)c(Cc2ccccc2)c2ccccc21. The minimum Gasteiger partial charge on any atom is -0.337 e. The molecule has 0 saturated carbocycles. The number of ketones is 1. The average molecular weight is 277 g/mol. The number of carbonyl (C=O) groups is 1. The van der Waals surface area contributed by atoms with E-state index >= 15 is 0 Å². The Kier molecular flexibility index (Phi) is 3.61. The Morgan fingerprint density at radius 3 is 2.38 bits per heavy atom. The lowest BCUT2D eigenvalue weighted by Crippen LogP contribution is -2.08. The van der Waals surface area contributed by atoms with Crippen LogP contribution in [-0.4, -0.2) is 10.4 Å². The van der Waals surface area contributed by atoms with Crippen LogP contribution in [0.2, 0.25) is 0 Å². The van der Waals surface area contributed by atoms with Crippen LogP contribution in [0.1, 0.15) is 23.7 Å². The molecule has 0 aliphatic rings. The standard InChI is InChI=1S/C19H19NO/c1-14(21)13-20-15(2)18(12-16-8-4-3-5-9-16)17-10-6-7-11-19(17)20/h3-11H,12-13H2,1-2H3. The highest BCUT2D eigenvalue weighted by Gasteiger charge is 2.14. The fourth-order valence-electron chi connectivity index (χ4n) is 2.95. The maximum atomic E-state index is 11.6. The summed E-state index contributed by atoms with van der Waals surface area (Å²) in [5.41, 5.74) is 4.95. The molecule has 2 heteroatoms. The van der Waals surface area contributed by atoms with Gasteiger partial charge >= 0.3 is 0 Å². The third kappa shape index (κ3) is 2.62. The van der Waals surface area contributed by atoms with Gasteiger partial charge in [-0.25, -0.2) is 0 Å². The molecule has 0 fully saturated rings. The predicted molar refractivity (Wildman–Crippen MR) is 86.6 cm³/mol.